The molecule has 0 aliphatic heterocycles. The Labute approximate surface area is 108 Å². The highest BCUT2D eigenvalue weighted by molar-refractivity contribution is 5.80. The Balaban J connectivity index is 1.61. The van der Waals surface area contributed by atoms with E-state index >= 15 is 0 Å². The molecule has 4 nitrogen and oxygen atoms in total. The fourth-order valence-electron chi connectivity index (χ4n) is 4.28. The predicted molar refractivity (Wildman–Crippen MR) is 68.7 cm³/mol. The summed E-state index contributed by atoms with van der Waals surface area (Å²) in [6.07, 6.45) is 7.01. The smallest absolute Gasteiger partial charge is 0.225 e. The highest BCUT2D eigenvalue weighted by atomic mass is 16.3. The molecule has 3 aliphatic carbocycles. The molecule has 3 saturated carbocycles. The lowest BCUT2D eigenvalue weighted by Gasteiger charge is -2.32. The molecular formula is C14H24N2O2. The van der Waals surface area contributed by atoms with Crippen LogP contribution in [-0.4, -0.2) is 29.2 Å². The van der Waals surface area contributed by atoms with Gasteiger partial charge in [0.2, 0.25) is 5.91 Å². The first-order chi connectivity index (χ1) is 8.66. The molecule has 0 radical (unpaired) electrons. The van der Waals surface area contributed by atoms with Gasteiger partial charge in [0.25, 0.3) is 0 Å². The third-order valence-electron chi connectivity index (χ3n) is 5.34. The molecule has 0 heterocycles. The van der Waals surface area contributed by atoms with Gasteiger partial charge in [0.1, 0.15) is 0 Å². The average molecular weight is 252 g/mol. The fourth-order valence-corrected chi connectivity index (χ4v) is 4.28. The minimum Gasteiger partial charge on any atom is -0.391 e. The second-order valence-corrected chi connectivity index (χ2v) is 6.40. The summed E-state index contributed by atoms with van der Waals surface area (Å²) in [6, 6.07) is 0.00191. The Morgan fingerprint density at radius 2 is 1.83 bits per heavy atom. The van der Waals surface area contributed by atoms with Gasteiger partial charge in [-0.1, -0.05) is 12.8 Å². The van der Waals surface area contributed by atoms with Crippen LogP contribution < -0.4 is 11.1 Å². The highest BCUT2D eigenvalue weighted by Gasteiger charge is 2.49. The van der Waals surface area contributed by atoms with Crippen LogP contribution in [0, 0.1) is 17.8 Å². The Hall–Kier alpha value is -0.610. The first-order valence-corrected chi connectivity index (χ1v) is 7.41. The van der Waals surface area contributed by atoms with E-state index in [0.717, 1.165) is 38.5 Å². The average Bonchev–Trinajstić information content (AvgIpc) is 2.92. The molecule has 2 bridgehead atoms. The molecule has 3 rings (SSSR count). The first-order valence-electron chi connectivity index (χ1n) is 7.41. The summed E-state index contributed by atoms with van der Waals surface area (Å²) in [4.78, 5) is 12.4. The number of nitrogens with one attached hydrogen (secondary N) is 1. The molecule has 6 unspecified atom stereocenters. The van der Waals surface area contributed by atoms with Crippen LogP contribution in [0.5, 0.6) is 0 Å². The molecule has 3 fully saturated rings. The number of aliphatic hydroxyl groups is 1. The maximum Gasteiger partial charge on any atom is 0.225 e. The summed E-state index contributed by atoms with van der Waals surface area (Å²) in [5.41, 5.74) is 6.18. The zero-order valence-electron chi connectivity index (χ0n) is 10.8. The summed E-state index contributed by atoms with van der Waals surface area (Å²) in [7, 11) is 0. The molecule has 0 aromatic rings. The van der Waals surface area contributed by atoms with E-state index in [2.05, 4.69) is 5.32 Å². The van der Waals surface area contributed by atoms with Crippen molar-refractivity contribution in [3.05, 3.63) is 0 Å². The standard InChI is InChI=1S/C14H24N2O2/c15-13-9-6-5-8(7-9)12(13)14(18)16-10-3-1-2-4-11(10)17/h8-13,17H,1-7,15H2,(H,16,18). The number of hydrogen-bond donors (Lipinski definition) is 3. The third-order valence-corrected chi connectivity index (χ3v) is 5.34. The molecule has 0 spiro atoms. The Kier molecular flexibility index (Phi) is 3.32. The van der Waals surface area contributed by atoms with Crippen LogP contribution in [0.2, 0.25) is 0 Å². The van der Waals surface area contributed by atoms with Gasteiger partial charge in [-0.15, -0.1) is 0 Å². The molecule has 0 aromatic carbocycles. The van der Waals surface area contributed by atoms with E-state index in [4.69, 9.17) is 5.73 Å². The number of fused-ring (bicyclic) bond motifs is 2. The van der Waals surface area contributed by atoms with Crippen LogP contribution in [0.15, 0.2) is 0 Å². The predicted octanol–water partition coefficient (Wildman–Crippen LogP) is 0.779. The molecule has 4 N–H and O–H groups in total. The normalized spacial score (nSPS) is 47.2. The zero-order valence-corrected chi connectivity index (χ0v) is 10.8. The third kappa shape index (κ3) is 2.05. The van der Waals surface area contributed by atoms with E-state index in [1.165, 1.54) is 6.42 Å². The molecule has 6 atom stereocenters. The van der Waals surface area contributed by atoms with Crippen molar-refractivity contribution >= 4 is 5.91 Å². The number of amides is 1. The van der Waals surface area contributed by atoms with Crippen molar-refractivity contribution in [2.45, 2.75) is 63.1 Å². The lowest BCUT2D eigenvalue weighted by atomic mass is 9.83. The van der Waals surface area contributed by atoms with Crippen molar-refractivity contribution in [1.29, 1.82) is 0 Å². The minimum absolute atomic E-state index is 0.00197. The largest absolute Gasteiger partial charge is 0.391 e. The minimum atomic E-state index is -0.363. The van der Waals surface area contributed by atoms with Crippen LogP contribution in [-0.2, 0) is 4.79 Å². The van der Waals surface area contributed by atoms with Gasteiger partial charge >= 0.3 is 0 Å². The van der Waals surface area contributed by atoms with Crippen LogP contribution in [0.25, 0.3) is 0 Å². The van der Waals surface area contributed by atoms with Crippen molar-refractivity contribution in [2.24, 2.45) is 23.5 Å². The van der Waals surface area contributed by atoms with E-state index in [9.17, 15) is 9.90 Å². The number of carbonyl (C=O) groups excluding carboxylic acids is 1. The lowest BCUT2D eigenvalue weighted by molar-refractivity contribution is -0.129. The molecule has 102 valence electrons. The van der Waals surface area contributed by atoms with E-state index in [1.54, 1.807) is 0 Å². The summed E-state index contributed by atoms with van der Waals surface area (Å²) in [5.74, 6) is 1.14. The van der Waals surface area contributed by atoms with Crippen molar-refractivity contribution in [1.82, 2.24) is 5.32 Å². The van der Waals surface area contributed by atoms with Gasteiger partial charge in [0.15, 0.2) is 0 Å². The van der Waals surface area contributed by atoms with Gasteiger partial charge in [-0.25, -0.2) is 0 Å². The SMILES string of the molecule is NC1C2CCC(C2)C1C(=O)NC1CCCCC1O. The zero-order chi connectivity index (χ0) is 12.7. The van der Waals surface area contributed by atoms with Crippen LogP contribution in [0.1, 0.15) is 44.9 Å². The molecule has 1 amide bonds. The fraction of sp³-hybridized carbons (Fsp3) is 0.929. The number of carbonyl (C=O) groups is 1. The first kappa shape index (κ1) is 12.4. The number of aliphatic hydroxyl groups excluding tert-OH is 1. The topological polar surface area (TPSA) is 75.4 Å². The summed E-state index contributed by atoms with van der Waals surface area (Å²) in [5, 5.41) is 13.0. The second kappa shape index (κ2) is 4.82. The maximum atomic E-state index is 12.4. The summed E-state index contributed by atoms with van der Waals surface area (Å²) >= 11 is 0. The summed E-state index contributed by atoms with van der Waals surface area (Å²) in [6.45, 7) is 0. The molecule has 3 aliphatic rings. The molecule has 4 heteroatoms. The van der Waals surface area contributed by atoms with Crippen LogP contribution >= 0.6 is 0 Å². The monoisotopic (exact) mass is 252 g/mol. The number of nitrogens with two attached hydrogens (primary N) is 1. The number of hydrogen-bond acceptors (Lipinski definition) is 3. The van der Waals surface area contributed by atoms with Gasteiger partial charge in [-0.3, -0.25) is 4.79 Å². The van der Waals surface area contributed by atoms with Crippen molar-refractivity contribution in [2.75, 3.05) is 0 Å². The van der Waals surface area contributed by atoms with Crippen molar-refractivity contribution in [3.63, 3.8) is 0 Å². The van der Waals surface area contributed by atoms with E-state index < -0.39 is 0 Å². The molecule has 0 aromatic heterocycles. The second-order valence-electron chi connectivity index (χ2n) is 6.40. The van der Waals surface area contributed by atoms with Crippen LogP contribution in [0.3, 0.4) is 0 Å². The Morgan fingerprint density at radius 3 is 2.50 bits per heavy atom. The van der Waals surface area contributed by atoms with E-state index in [-0.39, 0.29) is 30.0 Å². The van der Waals surface area contributed by atoms with Gasteiger partial charge in [-0.05, 0) is 43.9 Å². The van der Waals surface area contributed by atoms with E-state index in [0.29, 0.717) is 11.8 Å². The quantitative estimate of drug-likeness (QED) is 0.680. The Bertz CT molecular complexity index is 332. The lowest BCUT2D eigenvalue weighted by Crippen LogP contribution is -2.51. The summed E-state index contributed by atoms with van der Waals surface area (Å²) < 4.78 is 0. The maximum absolute atomic E-state index is 12.4. The van der Waals surface area contributed by atoms with Crippen LogP contribution in [0.4, 0.5) is 0 Å². The van der Waals surface area contributed by atoms with Crippen molar-refractivity contribution < 1.29 is 9.90 Å². The van der Waals surface area contributed by atoms with Crippen molar-refractivity contribution in [3.8, 4) is 0 Å². The highest BCUT2D eigenvalue weighted by Crippen LogP contribution is 2.47. The number of rotatable bonds is 2. The molecular weight excluding hydrogens is 228 g/mol. The van der Waals surface area contributed by atoms with Gasteiger partial charge < -0.3 is 16.2 Å². The molecule has 18 heavy (non-hydrogen) atoms. The van der Waals surface area contributed by atoms with Gasteiger partial charge in [0.05, 0.1) is 18.1 Å². The van der Waals surface area contributed by atoms with Gasteiger partial charge in [-0.2, -0.15) is 0 Å². The Morgan fingerprint density at radius 1 is 1.11 bits per heavy atom. The van der Waals surface area contributed by atoms with E-state index in [1.807, 2.05) is 0 Å². The van der Waals surface area contributed by atoms with Gasteiger partial charge in [0, 0.05) is 6.04 Å². The molecule has 0 saturated heterocycles.